The number of hydrogen-bond donors (Lipinski definition) is 1. The van der Waals surface area contributed by atoms with Crippen LogP contribution >= 0.6 is 0 Å². The number of rotatable bonds is 5. The molecule has 5 rings (SSSR count). The van der Waals surface area contributed by atoms with Crippen LogP contribution in [0.5, 0.6) is 0 Å². The van der Waals surface area contributed by atoms with E-state index in [4.69, 9.17) is 4.74 Å². The van der Waals surface area contributed by atoms with Crippen molar-refractivity contribution >= 4 is 34.5 Å². The van der Waals surface area contributed by atoms with Crippen molar-refractivity contribution < 1.29 is 19.1 Å². The van der Waals surface area contributed by atoms with Gasteiger partial charge in [0.1, 0.15) is 0 Å². The Morgan fingerprint density at radius 2 is 1.83 bits per heavy atom. The van der Waals surface area contributed by atoms with E-state index in [0.29, 0.717) is 25.4 Å². The summed E-state index contributed by atoms with van der Waals surface area (Å²) in [6.07, 6.45) is 2.94. The van der Waals surface area contributed by atoms with Crippen LogP contribution in [0.25, 0.3) is 10.9 Å². The van der Waals surface area contributed by atoms with E-state index in [0.717, 1.165) is 75.3 Å². The molecule has 0 spiro atoms. The predicted octanol–water partition coefficient (Wildman–Crippen LogP) is 2.08. The molecule has 2 aromatic rings. The van der Waals surface area contributed by atoms with E-state index in [1.807, 2.05) is 23.6 Å². The zero-order chi connectivity index (χ0) is 25.2. The van der Waals surface area contributed by atoms with Gasteiger partial charge in [-0.1, -0.05) is 0 Å². The van der Waals surface area contributed by atoms with Crippen LogP contribution in [0, 0.1) is 5.92 Å². The van der Waals surface area contributed by atoms with Crippen LogP contribution in [0.1, 0.15) is 44.2 Å². The molecule has 1 unspecified atom stereocenters. The molecule has 3 saturated heterocycles. The summed E-state index contributed by atoms with van der Waals surface area (Å²) in [5.74, 6) is -0.178. The second-order valence-electron chi connectivity index (χ2n) is 10.1. The summed E-state index contributed by atoms with van der Waals surface area (Å²) in [6.45, 7) is 8.66. The minimum atomic E-state index is -0.382. The van der Waals surface area contributed by atoms with Gasteiger partial charge in [-0.15, -0.1) is 0 Å². The molecule has 3 aliphatic rings. The third kappa shape index (κ3) is 5.04. The molecule has 1 aromatic carbocycles. The Morgan fingerprint density at radius 3 is 2.53 bits per heavy atom. The number of benzene rings is 1. The molecule has 1 N–H and O–H groups in total. The molecule has 0 aliphatic carbocycles. The molecular weight excluding hydrogens is 460 g/mol. The number of amides is 3. The molecule has 3 fully saturated rings. The van der Waals surface area contributed by atoms with Gasteiger partial charge in [0.2, 0.25) is 11.8 Å². The Balaban J connectivity index is 1.17. The quantitative estimate of drug-likeness (QED) is 0.633. The Morgan fingerprint density at radius 1 is 1.08 bits per heavy atom. The summed E-state index contributed by atoms with van der Waals surface area (Å²) in [5, 5.41) is 8.09. The molecule has 1 aromatic heterocycles. The molecule has 3 aliphatic heterocycles. The van der Waals surface area contributed by atoms with Crippen LogP contribution in [-0.4, -0.2) is 89.9 Å². The Labute approximate surface area is 211 Å². The number of aromatic nitrogens is 2. The number of carbonyl (C=O) groups is 3. The summed E-state index contributed by atoms with van der Waals surface area (Å²) in [7, 11) is 1.91. The van der Waals surface area contributed by atoms with Crippen LogP contribution in [0.4, 0.5) is 10.5 Å². The third-order valence-electron chi connectivity index (χ3n) is 7.83. The van der Waals surface area contributed by atoms with E-state index in [-0.39, 0.29) is 23.8 Å². The largest absolute Gasteiger partial charge is 0.450 e. The van der Waals surface area contributed by atoms with Gasteiger partial charge >= 0.3 is 6.09 Å². The van der Waals surface area contributed by atoms with Crippen molar-refractivity contribution in [3.8, 4) is 0 Å². The minimum absolute atomic E-state index is 0.194. The lowest BCUT2D eigenvalue weighted by Gasteiger charge is -2.39. The molecule has 10 nitrogen and oxygen atoms in total. The van der Waals surface area contributed by atoms with Gasteiger partial charge in [0.05, 0.1) is 23.7 Å². The molecule has 3 amide bonds. The zero-order valence-electron chi connectivity index (χ0n) is 21.2. The molecule has 1 atom stereocenters. The van der Waals surface area contributed by atoms with E-state index in [1.54, 1.807) is 0 Å². The highest BCUT2D eigenvalue weighted by Crippen LogP contribution is 2.33. The van der Waals surface area contributed by atoms with Crippen molar-refractivity contribution in [2.45, 2.75) is 38.5 Å². The number of piperidine rings is 2. The fraction of sp³-hybridized carbons (Fsp3) is 0.615. The number of carbonyl (C=O) groups excluding carboxylic acids is 3. The van der Waals surface area contributed by atoms with Crippen LogP contribution in [0.2, 0.25) is 0 Å². The molecule has 10 heteroatoms. The van der Waals surface area contributed by atoms with Gasteiger partial charge in [0, 0.05) is 70.4 Å². The summed E-state index contributed by atoms with van der Waals surface area (Å²) < 4.78 is 6.97. The number of aryl methyl sites for hydroxylation is 1. The Hall–Kier alpha value is -3.14. The number of ether oxygens (including phenoxy) is 1. The maximum atomic E-state index is 12.4. The number of anilines is 1. The minimum Gasteiger partial charge on any atom is -0.450 e. The highest BCUT2D eigenvalue weighted by molar-refractivity contribution is 6.02. The average Bonchev–Trinajstić information content (AvgIpc) is 3.20. The second-order valence-corrected chi connectivity index (χ2v) is 10.1. The predicted molar refractivity (Wildman–Crippen MR) is 136 cm³/mol. The van der Waals surface area contributed by atoms with Crippen molar-refractivity contribution in [3.05, 3.63) is 23.9 Å². The smallest absolute Gasteiger partial charge is 0.409 e. The Bertz CT molecular complexity index is 1130. The molecule has 36 heavy (non-hydrogen) atoms. The van der Waals surface area contributed by atoms with E-state index < -0.39 is 0 Å². The van der Waals surface area contributed by atoms with Gasteiger partial charge in [-0.05, 0) is 50.3 Å². The number of piperazine rings is 1. The first-order valence-corrected chi connectivity index (χ1v) is 13.1. The fourth-order valence-electron chi connectivity index (χ4n) is 5.75. The molecule has 0 saturated carbocycles. The molecular formula is C26H36N6O4. The highest BCUT2D eigenvalue weighted by atomic mass is 16.6. The molecule has 194 valence electrons. The van der Waals surface area contributed by atoms with Crippen LogP contribution < -0.4 is 10.2 Å². The summed E-state index contributed by atoms with van der Waals surface area (Å²) >= 11 is 0. The summed E-state index contributed by atoms with van der Waals surface area (Å²) in [6, 6.07) is 6.38. The van der Waals surface area contributed by atoms with Crippen LogP contribution in [0.15, 0.2) is 18.2 Å². The SMILES string of the molecule is CCOC(=O)N1CCN(CC2CCN(c3ccc4c(C5CCC(=O)NC5=O)nn(C)c4c3)CC2)CC1. The van der Waals surface area contributed by atoms with Crippen LogP contribution in [0.3, 0.4) is 0 Å². The molecule has 0 radical (unpaired) electrons. The number of fused-ring (bicyclic) bond motifs is 1. The van der Waals surface area contributed by atoms with Crippen molar-refractivity contribution in [2.24, 2.45) is 13.0 Å². The van der Waals surface area contributed by atoms with Crippen molar-refractivity contribution in [3.63, 3.8) is 0 Å². The van der Waals surface area contributed by atoms with Gasteiger partial charge in [-0.2, -0.15) is 5.10 Å². The maximum Gasteiger partial charge on any atom is 0.409 e. The van der Waals surface area contributed by atoms with E-state index in [9.17, 15) is 14.4 Å². The number of imide groups is 1. The summed E-state index contributed by atoms with van der Waals surface area (Å²) in [5.41, 5.74) is 2.95. The third-order valence-corrected chi connectivity index (χ3v) is 7.83. The Kier molecular flexibility index (Phi) is 7.13. The van der Waals surface area contributed by atoms with E-state index in [1.165, 1.54) is 5.69 Å². The number of nitrogens with one attached hydrogen (secondary N) is 1. The fourth-order valence-corrected chi connectivity index (χ4v) is 5.75. The lowest BCUT2D eigenvalue weighted by atomic mass is 9.92. The van der Waals surface area contributed by atoms with Crippen LogP contribution in [-0.2, 0) is 21.4 Å². The highest BCUT2D eigenvalue weighted by Gasteiger charge is 2.32. The van der Waals surface area contributed by atoms with E-state index in [2.05, 4.69) is 38.4 Å². The second kappa shape index (κ2) is 10.5. The van der Waals surface area contributed by atoms with Gasteiger partial charge in [0.25, 0.3) is 0 Å². The molecule has 4 heterocycles. The topological polar surface area (TPSA) is 100 Å². The van der Waals surface area contributed by atoms with Crippen molar-refractivity contribution in [1.82, 2.24) is 24.9 Å². The first-order chi connectivity index (χ1) is 17.4. The average molecular weight is 497 g/mol. The van der Waals surface area contributed by atoms with Gasteiger partial charge in [-0.3, -0.25) is 24.5 Å². The standard InChI is InChI=1S/C26H36N6O4/c1-3-36-26(35)32-14-12-30(13-15-32)17-18-8-10-31(11-9-18)19-4-5-20-22(16-19)29(2)28-24(20)21-6-7-23(33)27-25(21)34/h4-5,16,18,21H,3,6-15,17H2,1-2H3,(H,27,33,34). The normalized spacial score (nSPS) is 22.2. The maximum absolute atomic E-state index is 12.4. The van der Waals surface area contributed by atoms with Crippen molar-refractivity contribution in [1.29, 1.82) is 0 Å². The van der Waals surface area contributed by atoms with E-state index >= 15 is 0 Å². The van der Waals surface area contributed by atoms with Crippen molar-refractivity contribution in [2.75, 3.05) is 57.3 Å². The first kappa shape index (κ1) is 24.5. The van der Waals surface area contributed by atoms with Gasteiger partial charge in [-0.25, -0.2) is 4.79 Å². The number of hydrogen-bond acceptors (Lipinski definition) is 7. The number of nitrogens with zero attached hydrogens (tertiary/aromatic N) is 5. The summed E-state index contributed by atoms with van der Waals surface area (Å²) in [4.78, 5) is 42.6. The van der Waals surface area contributed by atoms with Gasteiger partial charge < -0.3 is 14.5 Å². The zero-order valence-corrected chi connectivity index (χ0v) is 21.2. The lowest BCUT2D eigenvalue weighted by molar-refractivity contribution is -0.134. The van der Waals surface area contributed by atoms with Gasteiger partial charge in [0.15, 0.2) is 0 Å². The first-order valence-electron chi connectivity index (χ1n) is 13.1. The molecule has 0 bridgehead atoms. The lowest BCUT2D eigenvalue weighted by Crippen LogP contribution is -2.50. The monoisotopic (exact) mass is 496 g/mol.